The van der Waals surface area contributed by atoms with Gasteiger partial charge in [-0.2, -0.15) is 12.6 Å². The molecule has 0 aromatic heterocycles. The van der Waals surface area contributed by atoms with Crippen molar-refractivity contribution < 1.29 is 43.7 Å². The van der Waals surface area contributed by atoms with Gasteiger partial charge in [0, 0.05) is 89.1 Å². The van der Waals surface area contributed by atoms with Gasteiger partial charge >= 0.3 is 5.97 Å². The molecule has 1 fully saturated rings. The number of carbonyl (C=O) groups excluding carboxylic acids is 5. The highest BCUT2D eigenvalue weighted by Crippen LogP contribution is 2.50. The number of aromatic hydroxyl groups is 1. The molecule has 2 aliphatic heterocycles. The van der Waals surface area contributed by atoms with E-state index in [1.165, 1.54) is 12.1 Å². The number of phenolic OH excluding ortho intramolecular Hbond substituents is 1. The van der Waals surface area contributed by atoms with Gasteiger partial charge < -0.3 is 56.7 Å². The molecule has 1 saturated heterocycles. The van der Waals surface area contributed by atoms with Crippen LogP contribution in [0.4, 0.5) is 17.1 Å². The van der Waals surface area contributed by atoms with Crippen molar-refractivity contribution in [1.82, 2.24) is 26.6 Å². The minimum Gasteiger partial charge on any atom is -0.508 e. The highest BCUT2D eigenvalue weighted by atomic mass is 32.2. The molecule has 418 valence electrons. The topological polar surface area (TPSA) is 231 Å². The average Bonchev–Trinajstić information content (AvgIpc) is 3.43. The summed E-state index contributed by atoms with van der Waals surface area (Å²) in [5, 5.41) is 37.2. The van der Waals surface area contributed by atoms with Gasteiger partial charge in [-0.05, 0) is 121 Å². The van der Waals surface area contributed by atoms with Crippen LogP contribution in [0.1, 0.15) is 99.5 Å². The third kappa shape index (κ3) is 14.5. The van der Waals surface area contributed by atoms with E-state index in [9.17, 15) is 39.0 Å². The molecule has 79 heavy (non-hydrogen) atoms. The van der Waals surface area contributed by atoms with Crippen LogP contribution in [-0.4, -0.2) is 116 Å². The van der Waals surface area contributed by atoms with Crippen LogP contribution in [0.25, 0.3) is 0 Å². The number of rotatable bonds is 18. The fraction of sp³-hybridized carbons (Fsp3) is 0.373. The Labute approximate surface area is 476 Å². The molecule has 0 unspecified atom stereocenters. The number of hydrogen-bond acceptors (Lipinski definition) is 13. The zero-order valence-corrected chi connectivity index (χ0v) is 48.2. The number of phenols is 1. The maximum absolute atomic E-state index is 14.8. The molecule has 4 amide bonds. The van der Waals surface area contributed by atoms with E-state index in [-0.39, 0.29) is 35.0 Å². The van der Waals surface area contributed by atoms with Crippen LogP contribution in [0.3, 0.4) is 0 Å². The minimum atomic E-state index is -1.46. The predicted octanol–water partition coefficient (Wildman–Crippen LogP) is 7.54. The van der Waals surface area contributed by atoms with E-state index in [1.807, 2.05) is 36.4 Å². The van der Waals surface area contributed by atoms with E-state index in [4.69, 9.17) is 17.0 Å². The van der Waals surface area contributed by atoms with Gasteiger partial charge in [0.25, 0.3) is 0 Å². The number of thiocarbonyl (C=S) groups is 1. The van der Waals surface area contributed by atoms with Crippen molar-refractivity contribution in [2.75, 3.05) is 47.8 Å². The van der Waals surface area contributed by atoms with Crippen molar-refractivity contribution in [3.63, 3.8) is 0 Å². The van der Waals surface area contributed by atoms with Crippen LogP contribution in [0.15, 0.2) is 109 Å². The van der Waals surface area contributed by atoms with Crippen LogP contribution >= 0.6 is 36.6 Å². The first-order valence-electron chi connectivity index (χ1n) is 26.4. The molecule has 4 atom stereocenters. The third-order valence-corrected chi connectivity index (χ3v) is 15.9. The quantitative estimate of drug-likeness (QED) is 0.0299. The molecule has 0 aliphatic carbocycles. The summed E-state index contributed by atoms with van der Waals surface area (Å²) in [6, 6.07) is 27.6. The fourth-order valence-corrected chi connectivity index (χ4v) is 11.4. The average molecular weight is 1130 g/mol. The number of anilines is 3. The van der Waals surface area contributed by atoms with Gasteiger partial charge in [0.15, 0.2) is 5.11 Å². The number of carbonyl (C=O) groups is 6. The summed E-state index contributed by atoms with van der Waals surface area (Å²) in [5.74, 6) is -3.14. The summed E-state index contributed by atoms with van der Waals surface area (Å²) < 4.78 is 4.04. The van der Waals surface area contributed by atoms with Gasteiger partial charge in [-0.3, -0.25) is 24.0 Å². The highest BCUT2D eigenvalue weighted by Gasteiger charge is 2.44. The molecule has 2 aliphatic rings. The van der Waals surface area contributed by atoms with Gasteiger partial charge in [0.05, 0.1) is 17.8 Å². The molecular formula is C59H70N8O9S3. The minimum absolute atomic E-state index is 0.00181. The zero-order valence-electron chi connectivity index (χ0n) is 45.6. The number of nitrogens with one attached hydrogen (secondary N) is 6. The molecule has 0 bridgehead atoms. The monoisotopic (exact) mass is 1130 g/mol. The first-order valence-corrected chi connectivity index (χ1v) is 28.1. The van der Waals surface area contributed by atoms with Crippen LogP contribution < -0.4 is 46.4 Å². The lowest BCUT2D eigenvalue weighted by molar-refractivity contribution is -0.136. The summed E-state index contributed by atoms with van der Waals surface area (Å²) in [7, 11) is 0. The molecule has 7 rings (SSSR count). The largest absolute Gasteiger partial charge is 0.508 e. The zero-order chi connectivity index (χ0) is 57.3. The third-order valence-electron chi connectivity index (χ3n) is 14.1. The number of amides is 4. The van der Waals surface area contributed by atoms with Gasteiger partial charge in [-0.15, -0.1) is 0 Å². The van der Waals surface area contributed by atoms with Crippen molar-refractivity contribution in [1.29, 1.82) is 0 Å². The van der Waals surface area contributed by atoms with E-state index in [0.717, 1.165) is 66.0 Å². The SMILES string of the molecule is CCN(CC)c1ccc2c(c1)Oc1cc(N(CC)CC)ccc1C2c1ccc(NC(=S)N[C@@H](Cc2ccc(O)cc2)C(=O)SC(C)(C)[C@H]2NC(=O)[C@@H](C(C)(C)S)NC(=O)[C@H](Cc3ccccc3)NC(=O)CNC2=O)c(C(=O)O)c1. The number of hydrogen-bond donors (Lipinski definition) is 9. The summed E-state index contributed by atoms with van der Waals surface area (Å²) in [6.45, 7) is 17.4. The van der Waals surface area contributed by atoms with Crippen LogP contribution in [-0.2, 0) is 36.8 Å². The summed E-state index contributed by atoms with van der Waals surface area (Å²) in [5.41, 5.74) is 5.87. The first kappa shape index (κ1) is 59.4. The smallest absolute Gasteiger partial charge is 0.337 e. The number of nitrogens with zero attached hydrogens (tertiary/aromatic N) is 2. The lowest BCUT2D eigenvalue weighted by Gasteiger charge is -2.37. The Morgan fingerprint density at radius 1 is 0.747 bits per heavy atom. The van der Waals surface area contributed by atoms with Gasteiger partial charge in [-0.1, -0.05) is 72.4 Å². The Morgan fingerprint density at radius 3 is 1.89 bits per heavy atom. The summed E-state index contributed by atoms with van der Waals surface area (Å²) in [4.78, 5) is 88.3. The molecule has 5 aromatic rings. The van der Waals surface area contributed by atoms with Crippen molar-refractivity contribution in [3.8, 4) is 17.2 Å². The Morgan fingerprint density at radius 2 is 1.33 bits per heavy atom. The fourth-order valence-electron chi connectivity index (χ4n) is 9.87. The molecule has 0 radical (unpaired) electrons. The van der Waals surface area contributed by atoms with Crippen molar-refractivity contribution in [2.45, 2.75) is 108 Å². The molecule has 5 aromatic carbocycles. The van der Waals surface area contributed by atoms with Crippen LogP contribution in [0.2, 0.25) is 0 Å². The first-order chi connectivity index (χ1) is 37.5. The number of carboxylic acids is 1. The molecule has 2 heterocycles. The highest BCUT2D eigenvalue weighted by molar-refractivity contribution is 8.15. The Kier molecular flexibility index (Phi) is 19.3. The number of benzene rings is 5. The Hall–Kier alpha value is -7.29. The standard InChI is InChI=1S/C59H70N8O9S3/c1-9-66(10-2)37-21-25-40-46(31-37)76-47-32-38(67(11-3)12-4)22-26-41(47)49(40)36-20-27-43(42(30-36)55(73)74)62-57(77)63-45(29-35-18-23-39(68)24-19-35)56(75)79-59(7,8)51-53(71)60-33-48(69)61-44(28-34-16-14-13-15-17-34)52(70)64-50(54(72)65-51)58(5,6)78/h13-27,30-32,44-45,49-51,68,78H,9-12,28-29,33H2,1-8H3,(H,60,71)(H,61,69)(H,64,70)(H,65,72)(H,73,74)(H2,62,63,77)/t44-,45-,50-,51-/m0/s1. The number of ether oxygens (including phenoxy) is 1. The van der Waals surface area contributed by atoms with Gasteiger partial charge in [0.1, 0.15) is 41.4 Å². The number of fused-ring (bicyclic) bond motifs is 2. The summed E-state index contributed by atoms with van der Waals surface area (Å²) in [6.07, 6.45) is 0.116. The van der Waals surface area contributed by atoms with Crippen LogP contribution in [0.5, 0.6) is 17.2 Å². The van der Waals surface area contributed by atoms with Gasteiger partial charge in [-0.25, -0.2) is 4.79 Å². The Bertz CT molecular complexity index is 3010. The Balaban J connectivity index is 1.16. The van der Waals surface area contributed by atoms with E-state index >= 15 is 0 Å². The maximum atomic E-state index is 14.8. The second kappa shape index (κ2) is 25.7. The lowest BCUT2D eigenvalue weighted by atomic mass is 9.81. The molecule has 8 N–H and O–H groups in total. The number of aromatic carboxylic acids is 1. The predicted molar refractivity (Wildman–Crippen MR) is 318 cm³/mol. The lowest BCUT2D eigenvalue weighted by Crippen LogP contribution is -2.66. The molecule has 0 spiro atoms. The van der Waals surface area contributed by atoms with E-state index < -0.39 is 80.8 Å². The second-order valence-corrected chi connectivity index (χ2v) is 23.8. The van der Waals surface area contributed by atoms with Crippen molar-refractivity contribution in [3.05, 3.63) is 143 Å². The van der Waals surface area contributed by atoms with E-state index in [2.05, 4.69) is 94.2 Å². The van der Waals surface area contributed by atoms with Crippen molar-refractivity contribution in [2.24, 2.45) is 0 Å². The van der Waals surface area contributed by atoms with E-state index in [1.54, 1.807) is 76.2 Å². The summed E-state index contributed by atoms with van der Waals surface area (Å²) >= 11 is 11.2. The van der Waals surface area contributed by atoms with E-state index in [0.29, 0.717) is 22.6 Å². The normalized spacial score (nSPS) is 17.4. The molecule has 20 heteroatoms. The number of carboxylic acid groups (broad SMARTS) is 1. The number of thioether (sulfide) groups is 1. The molecule has 17 nitrogen and oxygen atoms in total. The molecule has 0 saturated carbocycles. The van der Waals surface area contributed by atoms with Crippen molar-refractivity contribution >= 4 is 93.5 Å². The van der Waals surface area contributed by atoms with Gasteiger partial charge in [0.2, 0.25) is 28.7 Å². The maximum Gasteiger partial charge on any atom is 0.337 e. The molecular weight excluding hydrogens is 1060 g/mol. The number of thiol groups is 1. The second-order valence-electron chi connectivity index (χ2n) is 20.5. The van der Waals surface area contributed by atoms with Crippen LogP contribution in [0, 0.1) is 0 Å².